The van der Waals surface area contributed by atoms with Crippen LogP contribution in [-0.2, 0) is 0 Å². The van der Waals surface area contributed by atoms with E-state index in [0.29, 0.717) is 22.5 Å². The van der Waals surface area contributed by atoms with Gasteiger partial charge in [0, 0.05) is 16.6 Å². The Kier molecular flexibility index (Phi) is 5.01. The van der Waals surface area contributed by atoms with Crippen LogP contribution in [0, 0.1) is 11.6 Å². The lowest BCUT2D eigenvalue weighted by molar-refractivity contribution is 0.301. The Balaban J connectivity index is 2.30. The summed E-state index contributed by atoms with van der Waals surface area (Å²) in [6.45, 7) is 2.35. The van der Waals surface area contributed by atoms with Gasteiger partial charge in [0.15, 0.2) is 11.6 Å². The van der Waals surface area contributed by atoms with Crippen molar-refractivity contribution in [3.8, 4) is 5.75 Å². The van der Waals surface area contributed by atoms with E-state index < -0.39 is 5.82 Å². The summed E-state index contributed by atoms with van der Waals surface area (Å²) in [4.78, 5) is 0. The van der Waals surface area contributed by atoms with E-state index in [9.17, 15) is 8.78 Å². The molecule has 0 heterocycles. The van der Waals surface area contributed by atoms with Crippen LogP contribution < -0.4 is 15.8 Å². The van der Waals surface area contributed by atoms with Crippen LogP contribution in [0.3, 0.4) is 0 Å². The van der Waals surface area contributed by atoms with Gasteiger partial charge < -0.3 is 15.8 Å². The highest BCUT2D eigenvalue weighted by molar-refractivity contribution is 9.10. The molecule has 0 saturated carbocycles. The number of halogens is 3. The first kappa shape index (κ1) is 15.6. The van der Waals surface area contributed by atoms with E-state index in [1.54, 1.807) is 6.07 Å². The summed E-state index contributed by atoms with van der Waals surface area (Å²) in [7, 11) is 0. The SMILES string of the molecule is CCCOc1cc(Nc2ccc(F)cc2Br)c(N)cc1F. The molecule has 0 aliphatic rings. The summed E-state index contributed by atoms with van der Waals surface area (Å²) < 4.78 is 32.7. The van der Waals surface area contributed by atoms with Crippen molar-refractivity contribution in [2.45, 2.75) is 13.3 Å². The largest absolute Gasteiger partial charge is 0.490 e. The molecule has 0 aliphatic carbocycles. The highest BCUT2D eigenvalue weighted by Gasteiger charge is 2.11. The summed E-state index contributed by atoms with van der Waals surface area (Å²) in [5.74, 6) is -0.733. The molecule has 2 aromatic carbocycles. The maximum absolute atomic E-state index is 13.7. The van der Waals surface area contributed by atoms with Crippen LogP contribution >= 0.6 is 15.9 Å². The third-order valence-corrected chi connectivity index (χ3v) is 3.42. The van der Waals surface area contributed by atoms with Gasteiger partial charge in [0.25, 0.3) is 0 Å². The standard InChI is InChI=1S/C15H15BrF2N2O/c1-2-5-21-15-8-14(12(19)7-11(15)18)20-13-4-3-9(17)6-10(13)16/h3-4,6-8,20H,2,5,19H2,1H3. The smallest absolute Gasteiger partial charge is 0.167 e. The zero-order valence-corrected chi connectivity index (χ0v) is 13.0. The van der Waals surface area contributed by atoms with Gasteiger partial charge in [0.2, 0.25) is 0 Å². The molecular formula is C15H15BrF2N2O. The highest BCUT2D eigenvalue weighted by Crippen LogP contribution is 2.33. The summed E-state index contributed by atoms with van der Waals surface area (Å²) in [5.41, 5.74) is 7.16. The van der Waals surface area contributed by atoms with Crippen LogP contribution in [0.4, 0.5) is 25.8 Å². The Morgan fingerprint density at radius 2 is 1.95 bits per heavy atom. The molecule has 21 heavy (non-hydrogen) atoms. The molecule has 0 bridgehead atoms. The molecule has 2 aromatic rings. The molecule has 3 N–H and O–H groups in total. The lowest BCUT2D eigenvalue weighted by Crippen LogP contribution is -2.02. The Hall–Kier alpha value is -1.82. The van der Waals surface area contributed by atoms with Gasteiger partial charge in [-0.3, -0.25) is 0 Å². The fourth-order valence-electron chi connectivity index (χ4n) is 1.74. The third-order valence-electron chi connectivity index (χ3n) is 2.77. The number of nitrogen functional groups attached to an aromatic ring is 1. The lowest BCUT2D eigenvalue weighted by Gasteiger charge is -2.14. The second kappa shape index (κ2) is 6.76. The van der Waals surface area contributed by atoms with E-state index in [1.807, 2.05) is 6.92 Å². The van der Waals surface area contributed by atoms with Gasteiger partial charge in [-0.2, -0.15) is 0 Å². The molecule has 0 spiro atoms. The molecule has 112 valence electrons. The van der Waals surface area contributed by atoms with Gasteiger partial charge in [-0.15, -0.1) is 0 Å². The van der Waals surface area contributed by atoms with E-state index >= 15 is 0 Å². The maximum atomic E-state index is 13.7. The van der Waals surface area contributed by atoms with Crippen molar-refractivity contribution in [1.29, 1.82) is 0 Å². The van der Waals surface area contributed by atoms with Crippen molar-refractivity contribution >= 4 is 33.0 Å². The summed E-state index contributed by atoms with van der Waals surface area (Å²) in [6.07, 6.45) is 0.774. The molecule has 0 aliphatic heterocycles. The average Bonchev–Trinajstić information content (AvgIpc) is 2.43. The number of rotatable bonds is 5. The van der Waals surface area contributed by atoms with Crippen molar-refractivity contribution in [1.82, 2.24) is 0 Å². The molecule has 2 rings (SSSR count). The first-order valence-electron chi connectivity index (χ1n) is 6.45. The quantitative estimate of drug-likeness (QED) is 0.753. The number of anilines is 3. The van der Waals surface area contributed by atoms with Crippen LogP contribution in [-0.4, -0.2) is 6.61 Å². The van der Waals surface area contributed by atoms with Gasteiger partial charge in [0.1, 0.15) is 5.82 Å². The minimum Gasteiger partial charge on any atom is -0.490 e. The van der Waals surface area contributed by atoms with Crippen molar-refractivity contribution < 1.29 is 13.5 Å². The molecule has 0 fully saturated rings. The fraction of sp³-hybridized carbons (Fsp3) is 0.200. The second-order valence-electron chi connectivity index (χ2n) is 4.47. The fourth-order valence-corrected chi connectivity index (χ4v) is 2.19. The number of ether oxygens (including phenoxy) is 1. The maximum Gasteiger partial charge on any atom is 0.167 e. The van der Waals surface area contributed by atoms with Crippen LogP contribution in [0.15, 0.2) is 34.8 Å². The molecule has 0 atom stereocenters. The highest BCUT2D eigenvalue weighted by atomic mass is 79.9. The molecule has 3 nitrogen and oxygen atoms in total. The van der Waals surface area contributed by atoms with Crippen LogP contribution in [0.5, 0.6) is 5.75 Å². The lowest BCUT2D eigenvalue weighted by atomic mass is 10.2. The number of nitrogens with two attached hydrogens (primary N) is 1. The van der Waals surface area contributed by atoms with Crippen molar-refractivity contribution in [3.63, 3.8) is 0 Å². The Bertz CT molecular complexity index is 650. The van der Waals surface area contributed by atoms with E-state index in [-0.39, 0.29) is 17.3 Å². The molecule has 0 unspecified atom stereocenters. The summed E-state index contributed by atoms with van der Waals surface area (Å²) in [5, 5.41) is 3.03. The van der Waals surface area contributed by atoms with E-state index in [4.69, 9.17) is 10.5 Å². The van der Waals surface area contributed by atoms with E-state index in [1.165, 1.54) is 24.3 Å². The van der Waals surface area contributed by atoms with Crippen LogP contribution in [0.1, 0.15) is 13.3 Å². The molecule has 0 saturated heterocycles. The van der Waals surface area contributed by atoms with Crippen LogP contribution in [0.25, 0.3) is 0 Å². The van der Waals surface area contributed by atoms with Gasteiger partial charge >= 0.3 is 0 Å². The minimum atomic E-state index is -0.510. The molecular weight excluding hydrogens is 342 g/mol. The Morgan fingerprint density at radius 1 is 1.19 bits per heavy atom. The van der Waals surface area contributed by atoms with Gasteiger partial charge in [-0.1, -0.05) is 6.92 Å². The minimum absolute atomic E-state index is 0.131. The van der Waals surface area contributed by atoms with Gasteiger partial charge in [-0.25, -0.2) is 8.78 Å². The molecule has 6 heteroatoms. The van der Waals surface area contributed by atoms with Crippen molar-refractivity contribution in [2.75, 3.05) is 17.7 Å². The Labute approximate surface area is 130 Å². The number of hydrogen-bond acceptors (Lipinski definition) is 3. The van der Waals surface area contributed by atoms with Crippen LogP contribution in [0.2, 0.25) is 0 Å². The first-order chi connectivity index (χ1) is 10.0. The summed E-state index contributed by atoms with van der Waals surface area (Å²) >= 11 is 3.26. The number of benzene rings is 2. The number of nitrogens with one attached hydrogen (secondary N) is 1. The summed E-state index contributed by atoms with van der Waals surface area (Å²) in [6, 6.07) is 6.91. The molecule has 0 amide bonds. The van der Waals surface area contributed by atoms with Crippen molar-refractivity contribution in [3.05, 3.63) is 46.4 Å². The molecule has 0 radical (unpaired) electrons. The predicted octanol–water partition coefficient (Wildman–Crippen LogP) is 4.84. The zero-order chi connectivity index (χ0) is 15.4. The zero-order valence-electron chi connectivity index (χ0n) is 11.4. The number of hydrogen-bond donors (Lipinski definition) is 2. The van der Waals surface area contributed by atoms with Gasteiger partial charge in [-0.05, 0) is 40.5 Å². The van der Waals surface area contributed by atoms with E-state index in [2.05, 4.69) is 21.2 Å². The average molecular weight is 357 g/mol. The van der Waals surface area contributed by atoms with Crippen molar-refractivity contribution in [2.24, 2.45) is 0 Å². The second-order valence-corrected chi connectivity index (χ2v) is 5.32. The normalized spacial score (nSPS) is 10.5. The van der Waals surface area contributed by atoms with Gasteiger partial charge in [0.05, 0.1) is 23.7 Å². The first-order valence-corrected chi connectivity index (χ1v) is 7.24. The monoisotopic (exact) mass is 356 g/mol. The predicted molar refractivity (Wildman–Crippen MR) is 84.0 cm³/mol. The molecule has 0 aromatic heterocycles. The third kappa shape index (κ3) is 3.85. The van der Waals surface area contributed by atoms with E-state index in [0.717, 1.165) is 6.42 Å². The Morgan fingerprint density at radius 3 is 2.62 bits per heavy atom. The topological polar surface area (TPSA) is 47.3 Å².